The zero-order valence-electron chi connectivity index (χ0n) is 4.62. The van der Waals surface area contributed by atoms with Crippen LogP contribution >= 0.6 is 0 Å². The van der Waals surface area contributed by atoms with Crippen LogP contribution in [0.2, 0.25) is 0 Å². The predicted octanol–water partition coefficient (Wildman–Crippen LogP) is 1.42. The van der Waals surface area contributed by atoms with Crippen LogP contribution in [0.3, 0.4) is 0 Å². The quantitative estimate of drug-likeness (QED) is 0.386. The average molecular weight is 108 g/mol. The molecule has 0 unspecified atom stereocenters. The van der Waals surface area contributed by atoms with Crippen molar-refractivity contribution in [1.82, 2.24) is 0 Å². The Morgan fingerprint density at radius 1 is 0.875 bits per heavy atom. The molecular weight excluding hydrogens is 100 g/mol. The van der Waals surface area contributed by atoms with Crippen molar-refractivity contribution in [3.63, 3.8) is 0 Å². The van der Waals surface area contributed by atoms with Gasteiger partial charge in [-0.3, -0.25) is 0 Å². The zero-order valence-corrected chi connectivity index (χ0v) is 4.62. The number of allylic oxidation sites excluding steroid dienone is 2. The summed E-state index contributed by atoms with van der Waals surface area (Å²) in [4.78, 5) is 0. The number of rotatable bonds is 3. The van der Waals surface area contributed by atoms with Crippen LogP contribution in [0, 0.1) is 0 Å². The monoisotopic (exact) mass is 108 g/mol. The van der Waals surface area contributed by atoms with Crippen LogP contribution in [0.1, 0.15) is 0 Å². The van der Waals surface area contributed by atoms with Gasteiger partial charge in [0.2, 0.25) is 0 Å². The average Bonchev–Trinajstić information content (AvgIpc) is 1.81. The third kappa shape index (κ3) is 4.82. The molecule has 0 fully saturated rings. The Morgan fingerprint density at radius 3 is 1.50 bits per heavy atom. The van der Waals surface area contributed by atoms with Gasteiger partial charge in [0.05, 0.1) is 0 Å². The van der Waals surface area contributed by atoms with Crippen LogP contribution < -0.4 is 0 Å². The molecule has 0 aromatic heterocycles. The predicted molar refractivity (Wildman–Crippen MR) is 37.4 cm³/mol. The summed E-state index contributed by atoms with van der Waals surface area (Å²) in [7, 11) is 0. The molecule has 0 amide bonds. The van der Waals surface area contributed by atoms with Gasteiger partial charge in [-0.25, -0.2) is 0 Å². The van der Waals surface area contributed by atoms with E-state index in [4.69, 9.17) is 0 Å². The summed E-state index contributed by atoms with van der Waals surface area (Å²) >= 11 is 0. The first kappa shape index (κ1) is 6.82. The van der Waals surface area contributed by atoms with Crippen molar-refractivity contribution in [3.8, 4) is 0 Å². The summed E-state index contributed by atoms with van der Waals surface area (Å²) in [5.41, 5.74) is 0. The van der Waals surface area contributed by atoms with Gasteiger partial charge >= 0.3 is 0 Å². The summed E-state index contributed by atoms with van der Waals surface area (Å²) in [5.74, 6) is 0. The van der Waals surface area contributed by atoms with E-state index in [0.29, 0.717) is 0 Å². The molecule has 0 saturated heterocycles. The molecule has 0 bridgehead atoms. The topological polar surface area (TPSA) is 24.7 Å². The lowest BCUT2D eigenvalue weighted by molar-refractivity contribution is 1.27. The van der Waals surface area contributed by atoms with Gasteiger partial charge in [-0.1, -0.05) is 13.2 Å². The minimum atomic E-state index is 1.50. The van der Waals surface area contributed by atoms with Crippen molar-refractivity contribution >= 4 is 12.4 Å². The fourth-order valence-corrected chi connectivity index (χ4v) is 0.171. The molecule has 8 heavy (non-hydrogen) atoms. The van der Waals surface area contributed by atoms with E-state index in [1.807, 2.05) is 0 Å². The van der Waals surface area contributed by atoms with Gasteiger partial charge in [0.25, 0.3) is 0 Å². The largest absolute Gasteiger partial charge is 0.159 e. The Balaban J connectivity index is 3.41. The third-order valence-corrected chi connectivity index (χ3v) is 0.411. The first-order valence-electron chi connectivity index (χ1n) is 2.20. The van der Waals surface area contributed by atoms with Gasteiger partial charge in [-0.05, 0) is 12.2 Å². The van der Waals surface area contributed by atoms with Crippen LogP contribution in [0.4, 0.5) is 0 Å². The molecule has 0 heterocycles. The van der Waals surface area contributed by atoms with Crippen LogP contribution in [0.5, 0.6) is 0 Å². The van der Waals surface area contributed by atoms with E-state index in [-0.39, 0.29) is 0 Å². The zero-order chi connectivity index (χ0) is 6.24. The Bertz CT molecular complexity index is 106. The maximum Gasteiger partial charge on any atom is 0.0489 e. The van der Waals surface area contributed by atoms with Gasteiger partial charge in [-0.15, -0.1) is 0 Å². The van der Waals surface area contributed by atoms with Crippen LogP contribution in [0.15, 0.2) is 35.5 Å². The standard InChI is InChI=1S/C6H8N2/c1-3-5-7-8-6-4-2/h3-6H,1-2H2. The van der Waals surface area contributed by atoms with Crippen molar-refractivity contribution in [2.24, 2.45) is 10.2 Å². The van der Waals surface area contributed by atoms with Gasteiger partial charge in [0, 0.05) is 12.4 Å². The van der Waals surface area contributed by atoms with Crippen LogP contribution in [0.25, 0.3) is 0 Å². The molecule has 0 N–H and O–H groups in total. The molecule has 2 nitrogen and oxygen atoms in total. The summed E-state index contributed by atoms with van der Waals surface area (Å²) in [5, 5.41) is 7.07. The molecule has 2 heteroatoms. The lowest BCUT2D eigenvalue weighted by atomic mass is 10.7. The molecule has 0 radical (unpaired) electrons. The molecule has 0 saturated carbocycles. The summed E-state index contributed by atoms with van der Waals surface area (Å²) < 4.78 is 0. The highest BCUT2D eigenvalue weighted by Gasteiger charge is 1.55. The highest BCUT2D eigenvalue weighted by atomic mass is 15.2. The van der Waals surface area contributed by atoms with Crippen LogP contribution in [-0.2, 0) is 0 Å². The molecule has 0 aliphatic carbocycles. The van der Waals surface area contributed by atoms with Crippen LogP contribution in [-0.4, -0.2) is 12.4 Å². The Labute approximate surface area is 48.9 Å². The van der Waals surface area contributed by atoms with E-state index in [2.05, 4.69) is 23.4 Å². The second-order valence-electron chi connectivity index (χ2n) is 1.00. The van der Waals surface area contributed by atoms with Gasteiger partial charge < -0.3 is 0 Å². The summed E-state index contributed by atoms with van der Waals surface area (Å²) in [6.07, 6.45) is 6.11. The van der Waals surface area contributed by atoms with Gasteiger partial charge in [-0.2, -0.15) is 10.2 Å². The minimum Gasteiger partial charge on any atom is -0.159 e. The fraction of sp³-hybridized carbons (Fsp3) is 0. The maximum absolute atomic E-state index is 3.53. The maximum atomic E-state index is 3.53. The SMILES string of the molecule is C=CC=NN=CC=C. The number of hydrogen-bond donors (Lipinski definition) is 0. The van der Waals surface area contributed by atoms with Crippen molar-refractivity contribution in [2.75, 3.05) is 0 Å². The Kier molecular flexibility index (Phi) is 4.96. The van der Waals surface area contributed by atoms with Crippen molar-refractivity contribution < 1.29 is 0 Å². The number of hydrogen-bond acceptors (Lipinski definition) is 2. The van der Waals surface area contributed by atoms with Gasteiger partial charge in [0.15, 0.2) is 0 Å². The van der Waals surface area contributed by atoms with Gasteiger partial charge in [0.1, 0.15) is 0 Å². The molecule has 42 valence electrons. The molecule has 0 aliphatic heterocycles. The lowest BCUT2D eigenvalue weighted by Crippen LogP contribution is -1.60. The first-order chi connectivity index (χ1) is 3.91. The fourth-order valence-electron chi connectivity index (χ4n) is 0.171. The normalized spacial score (nSPS) is 10.5. The third-order valence-electron chi connectivity index (χ3n) is 0.411. The lowest BCUT2D eigenvalue weighted by Gasteiger charge is -1.68. The Hall–Kier alpha value is -1.18. The van der Waals surface area contributed by atoms with E-state index in [1.54, 1.807) is 12.2 Å². The molecule has 0 spiro atoms. The van der Waals surface area contributed by atoms with Crippen molar-refractivity contribution in [1.29, 1.82) is 0 Å². The van der Waals surface area contributed by atoms with Crippen molar-refractivity contribution in [3.05, 3.63) is 25.3 Å². The molecular formula is C6H8N2. The van der Waals surface area contributed by atoms with E-state index < -0.39 is 0 Å². The summed E-state index contributed by atoms with van der Waals surface area (Å²) in [6, 6.07) is 0. The second-order valence-corrected chi connectivity index (χ2v) is 1.00. The molecule has 0 aromatic rings. The highest BCUT2D eigenvalue weighted by molar-refractivity contribution is 5.73. The first-order valence-corrected chi connectivity index (χ1v) is 2.20. The van der Waals surface area contributed by atoms with E-state index in [0.717, 1.165) is 0 Å². The molecule has 0 atom stereocenters. The molecule has 0 aliphatic rings. The minimum absolute atomic E-state index is 1.50. The molecule has 0 rings (SSSR count). The van der Waals surface area contributed by atoms with E-state index in [9.17, 15) is 0 Å². The second kappa shape index (κ2) is 5.82. The van der Waals surface area contributed by atoms with E-state index >= 15 is 0 Å². The highest BCUT2D eigenvalue weighted by Crippen LogP contribution is 1.66. The summed E-state index contributed by atoms with van der Waals surface area (Å²) in [6.45, 7) is 6.82. The van der Waals surface area contributed by atoms with Crippen molar-refractivity contribution in [2.45, 2.75) is 0 Å². The Morgan fingerprint density at radius 2 is 1.25 bits per heavy atom. The smallest absolute Gasteiger partial charge is 0.0489 e. The van der Waals surface area contributed by atoms with E-state index in [1.165, 1.54) is 12.4 Å². The number of nitrogens with zero attached hydrogens (tertiary/aromatic N) is 2. The molecule has 0 aromatic carbocycles.